The highest BCUT2D eigenvalue weighted by Crippen LogP contribution is 2.32. The van der Waals surface area contributed by atoms with E-state index >= 15 is 0 Å². The van der Waals surface area contributed by atoms with Gasteiger partial charge in [-0.3, -0.25) is 0 Å². The Morgan fingerprint density at radius 3 is 1.32 bits per heavy atom. The summed E-state index contributed by atoms with van der Waals surface area (Å²) in [6, 6.07) is 31.7. The summed E-state index contributed by atoms with van der Waals surface area (Å²) in [6.07, 6.45) is 7.12. The number of hydrogen-bond donors (Lipinski definition) is 0. The lowest BCUT2D eigenvalue weighted by molar-refractivity contribution is 0.443. The van der Waals surface area contributed by atoms with Crippen LogP contribution in [0.1, 0.15) is 51.0 Å². The third-order valence-corrected chi connectivity index (χ3v) is 4.76. The van der Waals surface area contributed by atoms with Gasteiger partial charge < -0.3 is 0 Å². The van der Waals surface area contributed by atoms with Gasteiger partial charge in [-0.2, -0.15) is 0 Å². The molecule has 130 valence electrons. The fraction of sp³-hybridized carbons (Fsp3) is 0.280. The number of benzene rings is 3. The molecule has 3 aromatic rings. The largest absolute Gasteiger partial charge is 0.0776 e. The molecule has 0 heteroatoms. The molecule has 0 nitrogen and oxygen atoms in total. The summed E-state index contributed by atoms with van der Waals surface area (Å²) < 4.78 is 0. The summed E-state index contributed by atoms with van der Waals surface area (Å²) in [5, 5.41) is 0. The minimum Gasteiger partial charge on any atom is -0.0776 e. The Bertz CT molecular complexity index is 642. The molecule has 4 rings (SSSR count). The summed E-state index contributed by atoms with van der Waals surface area (Å²) >= 11 is 0. The molecule has 1 saturated carbocycles. The van der Waals surface area contributed by atoms with Crippen molar-refractivity contribution in [1.29, 1.82) is 0 Å². The van der Waals surface area contributed by atoms with Crippen molar-refractivity contribution in [3.05, 3.63) is 96.6 Å². The van der Waals surface area contributed by atoms with Crippen LogP contribution in [0.3, 0.4) is 0 Å². The molecule has 1 aliphatic carbocycles. The highest BCUT2D eigenvalue weighted by Gasteiger charge is 2.14. The molecule has 0 aliphatic heterocycles. The third-order valence-electron chi connectivity index (χ3n) is 4.76. The van der Waals surface area contributed by atoms with Crippen LogP contribution >= 0.6 is 0 Å². The Balaban J connectivity index is 0.000000173. The molecule has 3 aromatic carbocycles. The van der Waals surface area contributed by atoms with Crippen molar-refractivity contribution in [1.82, 2.24) is 0 Å². The predicted molar refractivity (Wildman–Crippen MR) is 111 cm³/mol. The van der Waals surface area contributed by atoms with Crippen LogP contribution in [0.2, 0.25) is 0 Å². The highest BCUT2D eigenvalue weighted by atomic mass is 14.2. The number of hydrogen-bond acceptors (Lipinski definition) is 0. The van der Waals surface area contributed by atoms with Crippen molar-refractivity contribution in [3.63, 3.8) is 0 Å². The molecule has 0 heterocycles. The van der Waals surface area contributed by atoms with Gasteiger partial charge in [0.2, 0.25) is 0 Å². The van der Waals surface area contributed by atoms with E-state index in [0.29, 0.717) is 0 Å². The van der Waals surface area contributed by atoms with Gasteiger partial charge in [0.05, 0.1) is 0 Å². The maximum absolute atomic E-state index is 2.27. The molecule has 0 bridgehead atoms. The monoisotopic (exact) mass is 330 g/mol. The first-order valence-electron chi connectivity index (χ1n) is 9.09. The minimum absolute atomic E-state index is 0. The van der Waals surface area contributed by atoms with E-state index in [1.807, 2.05) is 12.1 Å². The molecule has 0 amide bonds. The van der Waals surface area contributed by atoms with Crippen molar-refractivity contribution in [2.45, 2.75) is 45.4 Å². The van der Waals surface area contributed by atoms with Crippen LogP contribution in [0, 0.1) is 0 Å². The molecule has 0 aromatic heterocycles. The Morgan fingerprint density at radius 1 is 0.480 bits per heavy atom. The van der Waals surface area contributed by atoms with Gasteiger partial charge in [-0.1, -0.05) is 118 Å². The lowest BCUT2D eigenvalue weighted by Gasteiger charge is -2.21. The Hall–Kier alpha value is -2.34. The van der Waals surface area contributed by atoms with E-state index in [-0.39, 0.29) is 7.43 Å². The maximum Gasteiger partial charge on any atom is -0.0162 e. The second-order valence-electron chi connectivity index (χ2n) is 6.48. The van der Waals surface area contributed by atoms with Crippen LogP contribution in [0.25, 0.3) is 11.1 Å². The fourth-order valence-corrected chi connectivity index (χ4v) is 3.42. The van der Waals surface area contributed by atoms with Crippen LogP contribution < -0.4 is 0 Å². The summed E-state index contributed by atoms with van der Waals surface area (Å²) in [5.74, 6) is 0.861. The van der Waals surface area contributed by atoms with E-state index in [1.165, 1.54) is 43.2 Å². The summed E-state index contributed by atoms with van der Waals surface area (Å²) in [5.41, 5.74) is 4.11. The molecule has 1 aliphatic rings. The van der Waals surface area contributed by atoms with Crippen LogP contribution in [0.4, 0.5) is 0 Å². The molecule has 0 atom stereocenters. The quantitative estimate of drug-likeness (QED) is 0.451. The molecule has 1 fully saturated rings. The van der Waals surface area contributed by atoms with Gasteiger partial charge in [-0.25, -0.2) is 0 Å². The van der Waals surface area contributed by atoms with Crippen molar-refractivity contribution in [2.24, 2.45) is 0 Å². The first kappa shape index (κ1) is 19.0. The van der Waals surface area contributed by atoms with Gasteiger partial charge >= 0.3 is 0 Å². The molecule has 0 saturated heterocycles. The highest BCUT2D eigenvalue weighted by molar-refractivity contribution is 5.62. The molecular formula is C25H30. The zero-order valence-electron chi connectivity index (χ0n) is 14.3. The normalized spacial score (nSPS) is 13.9. The molecule has 0 N–H and O–H groups in total. The smallest absolute Gasteiger partial charge is 0.0162 e. The average Bonchev–Trinajstić information content (AvgIpc) is 2.71. The summed E-state index contributed by atoms with van der Waals surface area (Å²) in [6.45, 7) is 0. The summed E-state index contributed by atoms with van der Waals surface area (Å²) in [4.78, 5) is 0. The third kappa shape index (κ3) is 5.90. The van der Waals surface area contributed by atoms with Crippen LogP contribution in [0.15, 0.2) is 91.0 Å². The van der Waals surface area contributed by atoms with Crippen molar-refractivity contribution >= 4 is 0 Å². The zero-order chi connectivity index (χ0) is 16.5. The topological polar surface area (TPSA) is 0 Å². The second kappa shape index (κ2) is 10.5. The van der Waals surface area contributed by atoms with E-state index in [4.69, 9.17) is 0 Å². The van der Waals surface area contributed by atoms with E-state index in [2.05, 4.69) is 78.9 Å². The molecule has 25 heavy (non-hydrogen) atoms. The van der Waals surface area contributed by atoms with Gasteiger partial charge in [0, 0.05) is 0 Å². The maximum atomic E-state index is 2.27. The SMILES string of the molecule is C.c1ccc(-c2ccccc2)cc1.c1ccc(C2CCCCC2)cc1. The lowest BCUT2D eigenvalue weighted by atomic mass is 9.84. The Morgan fingerprint density at radius 2 is 0.880 bits per heavy atom. The van der Waals surface area contributed by atoms with Crippen molar-refractivity contribution < 1.29 is 0 Å². The molecule has 0 unspecified atom stereocenters. The van der Waals surface area contributed by atoms with Crippen LogP contribution in [-0.2, 0) is 0 Å². The van der Waals surface area contributed by atoms with Gasteiger partial charge in [-0.15, -0.1) is 0 Å². The van der Waals surface area contributed by atoms with Gasteiger partial charge in [0.25, 0.3) is 0 Å². The van der Waals surface area contributed by atoms with E-state index in [9.17, 15) is 0 Å². The number of rotatable bonds is 2. The van der Waals surface area contributed by atoms with Crippen molar-refractivity contribution in [2.75, 3.05) is 0 Å². The summed E-state index contributed by atoms with van der Waals surface area (Å²) in [7, 11) is 0. The zero-order valence-corrected chi connectivity index (χ0v) is 14.3. The molecule has 0 radical (unpaired) electrons. The molecule has 0 spiro atoms. The lowest BCUT2D eigenvalue weighted by Crippen LogP contribution is -2.03. The Labute approximate surface area is 153 Å². The second-order valence-corrected chi connectivity index (χ2v) is 6.48. The van der Waals surface area contributed by atoms with Gasteiger partial charge in [-0.05, 0) is 35.4 Å². The first-order valence-corrected chi connectivity index (χ1v) is 9.09. The standard InChI is InChI=1S/C12H16.C12H10.CH4/c2*1-3-7-11(8-4-1)12-9-5-2-6-10-12;/h1,3-4,7-8,12H,2,5-6,9-10H2;1-10H;1H4. The first-order chi connectivity index (χ1) is 11.9. The van der Waals surface area contributed by atoms with Crippen molar-refractivity contribution in [3.8, 4) is 11.1 Å². The van der Waals surface area contributed by atoms with E-state index in [1.54, 1.807) is 5.56 Å². The minimum atomic E-state index is 0. The van der Waals surface area contributed by atoms with Crippen LogP contribution in [0.5, 0.6) is 0 Å². The van der Waals surface area contributed by atoms with Gasteiger partial charge in [0.1, 0.15) is 0 Å². The van der Waals surface area contributed by atoms with E-state index < -0.39 is 0 Å². The van der Waals surface area contributed by atoms with Gasteiger partial charge in [0.15, 0.2) is 0 Å². The average molecular weight is 331 g/mol. The Kier molecular flexibility index (Phi) is 7.98. The van der Waals surface area contributed by atoms with E-state index in [0.717, 1.165) is 5.92 Å². The van der Waals surface area contributed by atoms with Crippen LogP contribution in [-0.4, -0.2) is 0 Å². The predicted octanol–water partition coefficient (Wildman–Crippen LogP) is 7.72. The fourth-order valence-electron chi connectivity index (χ4n) is 3.42. The molecular weight excluding hydrogens is 300 g/mol.